The van der Waals surface area contributed by atoms with Gasteiger partial charge in [-0.3, -0.25) is 4.79 Å². The van der Waals surface area contributed by atoms with Crippen LogP contribution in [0, 0.1) is 13.8 Å². The van der Waals surface area contributed by atoms with Crippen molar-refractivity contribution in [3.8, 4) is 17.0 Å². The number of rotatable bonds is 4. The van der Waals surface area contributed by atoms with Crippen molar-refractivity contribution in [1.29, 1.82) is 0 Å². The average Bonchev–Trinajstić information content (AvgIpc) is 2.40. The van der Waals surface area contributed by atoms with Crippen LogP contribution in [0.4, 0.5) is 0 Å². The van der Waals surface area contributed by atoms with E-state index >= 15 is 0 Å². The van der Waals surface area contributed by atoms with Crippen LogP contribution in [0.5, 0.6) is 5.88 Å². The molecule has 0 aliphatic rings. The van der Waals surface area contributed by atoms with Gasteiger partial charge in [0, 0.05) is 17.3 Å². The summed E-state index contributed by atoms with van der Waals surface area (Å²) in [6, 6.07) is 7.73. The van der Waals surface area contributed by atoms with E-state index in [2.05, 4.69) is 4.98 Å². The molecule has 1 aromatic heterocycles. The molecule has 0 unspecified atom stereocenters. The fourth-order valence-corrected chi connectivity index (χ4v) is 2.20. The summed E-state index contributed by atoms with van der Waals surface area (Å²) in [5.74, 6) is -0.255. The molecule has 0 aliphatic carbocycles. The summed E-state index contributed by atoms with van der Waals surface area (Å²) in [5.41, 5.74) is 4.61. The van der Waals surface area contributed by atoms with Crippen LogP contribution in [0.3, 0.4) is 0 Å². The van der Waals surface area contributed by atoms with Gasteiger partial charge in [0.05, 0.1) is 13.5 Å². The molecule has 0 saturated heterocycles. The van der Waals surface area contributed by atoms with Gasteiger partial charge in [-0.25, -0.2) is 4.98 Å². The molecule has 0 amide bonds. The Bertz CT molecular complexity index is 650. The maximum Gasteiger partial charge on any atom is 0.307 e. The minimum atomic E-state index is -0.840. The Kier molecular flexibility index (Phi) is 4.03. The molecule has 0 atom stereocenters. The first-order valence-corrected chi connectivity index (χ1v) is 6.33. The van der Waals surface area contributed by atoms with Crippen molar-refractivity contribution in [3.05, 3.63) is 47.2 Å². The molecule has 2 rings (SSSR count). The van der Waals surface area contributed by atoms with Crippen molar-refractivity contribution in [3.63, 3.8) is 0 Å². The highest BCUT2D eigenvalue weighted by atomic mass is 16.5. The second-order valence-electron chi connectivity index (χ2n) is 4.78. The second-order valence-corrected chi connectivity index (χ2v) is 4.78. The van der Waals surface area contributed by atoms with Crippen LogP contribution in [-0.4, -0.2) is 23.2 Å². The summed E-state index contributed by atoms with van der Waals surface area (Å²) in [7, 11) is 1.58. The van der Waals surface area contributed by atoms with E-state index in [1.807, 2.05) is 38.1 Å². The van der Waals surface area contributed by atoms with E-state index in [0.29, 0.717) is 5.88 Å². The van der Waals surface area contributed by atoms with Crippen LogP contribution in [-0.2, 0) is 11.2 Å². The van der Waals surface area contributed by atoms with Crippen LogP contribution >= 0.6 is 0 Å². The Morgan fingerprint density at radius 2 is 2.05 bits per heavy atom. The third kappa shape index (κ3) is 2.96. The van der Waals surface area contributed by atoms with Gasteiger partial charge in [0.1, 0.15) is 0 Å². The molecule has 4 nitrogen and oxygen atoms in total. The van der Waals surface area contributed by atoms with Gasteiger partial charge in [-0.2, -0.15) is 0 Å². The first kappa shape index (κ1) is 14.1. The lowest BCUT2D eigenvalue weighted by Gasteiger charge is -2.11. The summed E-state index contributed by atoms with van der Waals surface area (Å²) < 4.78 is 5.15. The zero-order valence-corrected chi connectivity index (χ0v) is 11.8. The molecule has 0 bridgehead atoms. The summed E-state index contributed by atoms with van der Waals surface area (Å²) >= 11 is 0. The molecule has 20 heavy (non-hydrogen) atoms. The number of nitrogens with zero attached hydrogens (tertiary/aromatic N) is 1. The standard InChI is InChI=1S/C16H17NO3/c1-10-4-5-12(8-15(18)19)14(6-10)13-7-11(2)16(20-3)17-9-13/h4-7,9H,8H2,1-3H3,(H,18,19). The minimum absolute atomic E-state index is 0.000685. The highest BCUT2D eigenvalue weighted by Crippen LogP contribution is 2.28. The van der Waals surface area contributed by atoms with Crippen molar-refractivity contribution in [2.24, 2.45) is 0 Å². The number of aliphatic carboxylic acids is 1. The molecule has 0 spiro atoms. The molecule has 104 valence electrons. The Hall–Kier alpha value is -2.36. The first-order chi connectivity index (χ1) is 9.51. The number of hydrogen-bond donors (Lipinski definition) is 1. The molecule has 1 aromatic carbocycles. The SMILES string of the molecule is COc1ncc(-c2cc(C)ccc2CC(=O)O)cc1C. The number of methoxy groups -OCH3 is 1. The molecule has 4 heteroatoms. The number of carbonyl (C=O) groups is 1. The normalized spacial score (nSPS) is 10.3. The predicted molar refractivity (Wildman–Crippen MR) is 77.0 cm³/mol. The van der Waals surface area contributed by atoms with Gasteiger partial charge in [-0.15, -0.1) is 0 Å². The first-order valence-electron chi connectivity index (χ1n) is 6.33. The Balaban J connectivity index is 2.52. The number of pyridine rings is 1. The quantitative estimate of drug-likeness (QED) is 0.928. The maximum atomic E-state index is 11.0. The Morgan fingerprint density at radius 1 is 1.30 bits per heavy atom. The number of benzene rings is 1. The summed E-state index contributed by atoms with van der Waals surface area (Å²) in [6.45, 7) is 3.90. The van der Waals surface area contributed by atoms with E-state index < -0.39 is 5.97 Å². The van der Waals surface area contributed by atoms with E-state index in [9.17, 15) is 4.79 Å². The topological polar surface area (TPSA) is 59.4 Å². The molecular weight excluding hydrogens is 254 g/mol. The summed E-state index contributed by atoms with van der Waals surface area (Å²) in [6.07, 6.45) is 1.71. The van der Waals surface area contributed by atoms with E-state index in [1.54, 1.807) is 13.3 Å². The number of hydrogen-bond acceptors (Lipinski definition) is 3. The van der Waals surface area contributed by atoms with Crippen LogP contribution in [0.15, 0.2) is 30.5 Å². The van der Waals surface area contributed by atoms with Gasteiger partial charge in [0.25, 0.3) is 0 Å². The molecular formula is C16H17NO3. The van der Waals surface area contributed by atoms with Crippen LogP contribution in [0.1, 0.15) is 16.7 Å². The van der Waals surface area contributed by atoms with Crippen molar-refractivity contribution in [2.75, 3.05) is 7.11 Å². The van der Waals surface area contributed by atoms with Crippen LogP contribution in [0.2, 0.25) is 0 Å². The van der Waals surface area contributed by atoms with Crippen LogP contribution < -0.4 is 4.74 Å². The van der Waals surface area contributed by atoms with Gasteiger partial charge >= 0.3 is 5.97 Å². The third-order valence-electron chi connectivity index (χ3n) is 3.14. The van der Waals surface area contributed by atoms with Gasteiger partial charge in [-0.1, -0.05) is 23.8 Å². The van der Waals surface area contributed by atoms with Crippen molar-refractivity contribution in [1.82, 2.24) is 4.98 Å². The zero-order chi connectivity index (χ0) is 14.7. The minimum Gasteiger partial charge on any atom is -0.481 e. The zero-order valence-electron chi connectivity index (χ0n) is 11.8. The van der Waals surface area contributed by atoms with Gasteiger partial charge in [0.2, 0.25) is 5.88 Å². The molecule has 0 saturated carbocycles. The molecule has 1 heterocycles. The second kappa shape index (κ2) is 5.74. The fraction of sp³-hybridized carbons (Fsp3) is 0.250. The largest absolute Gasteiger partial charge is 0.481 e. The molecule has 2 aromatic rings. The lowest BCUT2D eigenvalue weighted by atomic mass is 9.96. The lowest BCUT2D eigenvalue weighted by Crippen LogP contribution is -2.02. The van der Waals surface area contributed by atoms with Crippen molar-refractivity contribution in [2.45, 2.75) is 20.3 Å². The molecule has 0 aliphatic heterocycles. The van der Waals surface area contributed by atoms with E-state index in [4.69, 9.17) is 9.84 Å². The van der Waals surface area contributed by atoms with Crippen LogP contribution in [0.25, 0.3) is 11.1 Å². The van der Waals surface area contributed by atoms with Gasteiger partial charge in [0.15, 0.2) is 0 Å². The highest BCUT2D eigenvalue weighted by molar-refractivity contribution is 5.77. The monoisotopic (exact) mass is 271 g/mol. The number of carboxylic acid groups (broad SMARTS) is 1. The Labute approximate surface area is 118 Å². The number of carboxylic acids is 1. The molecule has 1 N–H and O–H groups in total. The highest BCUT2D eigenvalue weighted by Gasteiger charge is 2.11. The lowest BCUT2D eigenvalue weighted by molar-refractivity contribution is -0.136. The van der Waals surface area contributed by atoms with Gasteiger partial charge in [-0.05, 0) is 31.0 Å². The molecule has 0 fully saturated rings. The Morgan fingerprint density at radius 3 is 2.65 bits per heavy atom. The van der Waals surface area contributed by atoms with E-state index in [0.717, 1.165) is 27.8 Å². The summed E-state index contributed by atoms with van der Waals surface area (Å²) in [4.78, 5) is 15.2. The van der Waals surface area contributed by atoms with E-state index in [1.165, 1.54) is 0 Å². The average molecular weight is 271 g/mol. The number of ether oxygens (including phenoxy) is 1. The van der Waals surface area contributed by atoms with Crippen molar-refractivity contribution >= 4 is 5.97 Å². The smallest absolute Gasteiger partial charge is 0.307 e. The maximum absolute atomic E-state index is 11.0. The third-order valence-corrected chi connectivity index (χ3v) is 3.14. The number of aryl methyl sites for hydroxylation is 2. The van der Waals surface area contributed by atoms with E-state index in [-0.39, 0.29) is 6.42 Å². The fourth-order valence-electron chi connectivity index (χ4n) is 2.20. The summed E-state index contributed by atoms with van der Waals surface area (Å²) in [5, 5.41) is 9.01. The molecule has 0 radical (unpaired) electrons. The predicted octanol–water partition coefficient (Wildman–Crippen LogP) is 3.00. The van der Waals surface area contributed by atoms with Crippen molar-refractivity contribution < 1.29 is 14.6 Å². The van der Waals surface area contributed by atoms with Gasteiger partial charge < -0.3 is 9.84 Å². The number of aromatic nitrogens is 1.